The lowest BCUT2D eigenvalue weighted by Gasteiger charge is -2.18. The van der Waals surface area contributed by atoms with Crippen LogP contribution in [0.2, 0.25) is 0 Å². The lowest BCUT2D eigenvalue weighted by molar-refractivity contribution is -0.117. The van der Waals surface area contributed by atoms with Crippen LogP contribution in [-0.2, 0) is 11.4 Å². The SMILES string of the molecule is COc1ccc(C2CC(=O)N(c3cccc(N)c3)C2)cc1OCc1ccccn1. The van der Waals surface area contributed by atoms with Crippen LogP contribution >= 0.6 is 0 Å². The van der Waals surface area contributed by atoms with E-state index >= 15 is 0 Å². The number of methoxy groups -OCH3 is 1. The summed E-state index contributed by atoms with van der Waals surface area (Å²) < 4.78 is 11.4. The van der Waals surface area contributed by atoms with Crippen molar-refractivity contribution in [3.63, 3.8) is 0 Å². The molecule has 29 heavy (non-hydrogen) atoms. The molecule has 1 saturated heterocycles. The van der Waals surface area contributed by atoms with E-state index in [1.54, 1.807) is 18.2 Å². The van der Waals surface area contributed by atoms with Gasteiger partial charge >= 0.3 is 0 Å². The van der Waals surface area contributed by atoms with E-state index in [2.05, 4.69) is 4.98 Å². The molecule has 0 aliphatic carbocycles. The van der Waals surface area contributed by atoms with Gasteiger partial charge in [0.05, 0.1) is 12.8 Å². The molecule has 1 aliphatic rings. The summed E-state index contributed by atoms with van der Waals surface area (Å²) in [5.41, 5.74) is 9.23. The van der Waals surface area contributed by atoms with Gasteiger partial charge in [0, 0.05) is 36.5 Å². The molecule has 3 aromatic rings. The predicted octanol–water partition coefficient (Wildman–Crippen LogP) is 3.77. The number of rotatable bonds is 6. The zero-order valence-corrected chi connectivity index (χ0v) is 16.2. The highest BCUT2D eigenvalue weighted by atomic mass is 16.5. The highest BCUT2D eigenvalue weighted by molar-refractivity contribution is 5.96. The Balaban J connectivity index is 1.53. The molecule has 1 aromatic heterocycles. The molecular formula is C23H23N3O3. The first-order valence-electron chi connectivity index (χ1n) is 9.50. The monoisotopic (exact) mass is 389 g/mol. The molecule has 1 aliphatic heterocycles. The molecule has 6 nitrogen and oxygen atoms in total. The molecule has 6 heteroatoms. The first kappa shape index (κ1) is 18.8. The number of ether oxygens (including phenoxy) is 2. The van der Waals surface area contributed by atoms with Crippen LogP contribution in [0.25, 0.3) is 0 Å². The Labute approximate surface area is 169 Å². The normalized spacial score (nSPS) is 16.1. The topological polar surface area (TPSA) is 77.7 Å². The fourth-order valence-electron chi connectivity index (χ4n) is 3.57. The number of hydrogen-bond acceptors (Lipinski definition) is 5. The maximum absolute atomic E-state index is 12.6. The predicted molar refractivity (Wildman–Crippen MR) is 112 cm³/mol. The number of pyridine rings is 1. The van der Waals surface area contributed by atoms with Crippen LogP contribution in [0.1, 0.15) is 23.6 Å². The Hall–Kier alpha value is -3.54. The van der Waals surface area contributed by atoms with Crippen molar-refractivity contribution < 1.29 is 14.3 Å². The molecule has 1 atom stereocenters. The van der Waals surface area contributed by atoms with Gasteiger partial charge in [-0.25, -0.2) is 0 Å². The zero-order valence-electron chi connectivity index (χ0n) is 16.2. The van der Waals surface area contributed by atoms with E-state index in [0.717, 1.165) is 16.9 Å². The number of aromatic nitrogens is 1. The Morgan fingerprint density at radius 1 is 1.10 bits per heavy atom. The van der Waals surface area contributed by atoms with E-state index in [9.17, 15) is 4.79 Å². The summed E-state index contributed by atoms with van der Waals surface area (Å²) in [4.78, 5) is 18.7. The molecule has 4 rings (SSSR count). The number of carbonyl (C=O) groups excluding carboxylic acids is 1. The third-order valence-electron chi connectivity index (χ3n) is 5.07. The van der Waals surface area contributed by atoms with Gasteiger partial charge in [-0.2, -0.15) is 0 Å². The summed E-state index contributed by atoms with van der Waals surface area (Å²) in [7, 11) is 1.61. The van der Waals surface area contributed by atoms with Crippen molar-refractivity contribution in [1.82, 2.24) is 4.98 Å². The third kappa shape index (κ3) is 4.16. The van der Waals surface area contributed by atoms with Crippen LogP contribution in [-0.4, -0.2) is 24.5 Å². The molecular weight excluding hydrogens is 366 g/mol. The van der Waals surface area contributed by atoms with Crippen molar-refractivity contribution in [3.8, 4) is 11.5 Å². The van der Waals surface area contributed by atoms with Gasteiger partial charge in [-0.05, 0) is 48.0 Å². The summed E-state index contributed by atoms with van der Waals surface area (Å²) >= 11 is 0. The fraction of sp³-hybridized carbons (Fsp3) is 0.217. The number of nitrogen functional groups attached to an aromatic ring is 1. The number of carbonyl (C=O) groups is 1. The summed E-state index contributed by atoms with van der Waals surface area (Å²) in [5, 5.41) is 0. The fourth-order valence-corrected chi connectivity index (χ4v) is 3.57. The number of benzene rings is 2. The maximum atomic E-state index is 12.6. The number of nitrogens with zero attached hydrogens (tertiary/aromatic N) is 2. The smallest absolute Gasteiger partial charge is 0.227 e. The zero-order chi connectivity index (χ0) is 20.2. The highest BCUT2D eigenvalue weighted by Gasteiger charge is 2.32. The Morgan fingerprint density at radius 2 is 2.00 bits per heavy atom. The average Bonchev–Trinajstić information content (AvgIpc) is 3.14. The average molecular weight is 389 g/mol. The van der Waals surface area contributed by atoms with Crippen molar-refractivity contribution >= 4 is 17.3 Å². The molecule has 1 unspecified atom stereocenters. The van der Waals surface area contributed by atoms with Crippen LogP contribution in [0.5, 0.6) is 11.5 Å². The highest BCUT2D eigenvalue weighted by Crippen LogP contribution is 2.37. The van der Waals surface area contributed by atoms with Crippen molar-refractivity contribution in [2.24, 2.45) is 0 Å². The van der Waals surface area contributed by atoms with Gasteiger partial charge in [0.25, 0.3) is 0 Å². The van der Waals surface area contributed by atoms with Crippen LogP contribution < -0.4 is 20.1 Å². The van der Waals surface area contributed by atoms with Crippen LogP contribution in [0.15, 0.2) is 66.9 Å². The molecule has 1 fully saturated rings. The van der Waals surface area contributed by atoms with Gasteiger partial charge in [0.1, 0.15) is 6.61 Å². The van der Waals surface area contributed by atoms with E-state index in [1.165, 1.54) is 0 Å². The number of anilines is 2. The Bertz CT molecular complexity index is 1010. The molecule has 1 amide bonds. The molecule has 2 heterocycles. The van der Waals surface area contributed by atoms with Crippen molar-refractivity contribution in [2.75, 3.05) is 24.3 Å². The van der Waals surface area contributed by atoms with Gasteiger partial charge < -0.3 is 20.1 Å². The van der Waals surface area contributed by atoms with Crippen LogP contribution in [0.3, 0.4) is 0 Å². The largest absolute Gasteiger partial charge is 0.493 e. The summed E-state index contributed by atoms with van der Waals surface area (Å²) in [6.45, 7) is 0.952. The van der Waals surface area contributed by atoms with E-state index in [1.807, 2.05) is 60.7 Å². The van der Waals surface area contributed by atoms with Crippen molar-refractivity contribution in [3.05, 3.63) is 78.1 Å². The van der Waals surface area contributed by atoms with Crippen LogP contribution in [0.4, 0.5) is 11.4 Å². The summed E-state index contributed by atoms with van der Waals surface area (Å²) in [5.74, 6) is 1.46. The first-order chi connectivity index (χ1) is 14.1. The lowest BCUT2D eigenvalue weighted by Crippen LogP contribution is -2.24. The second-order valence-corrected chi connectivity index (χ2v) is 7.02. The number of amides is 1. The minimum Gasteiger partial charge on any atom is -0.493 e. The second-order valence-electron chi connectivity index (χ2n) is 7.02. The van der Waals surface area contributed by atoms with Crippen molar-refractivity contribution in [2.45, 2.75) is 18.9 Å². The Morgan fingerprint density at radius 3 is 2.76 bits per heavy atom. The maximum Gasteiger partial charge on any atom is 0.227 e. The first-order valence-corrected chi connectivity index (χ1v) is 9.50. The summed E-state index contributed by atoms with van der Waals surface area (Å²) in [6, 6.07) is 19.0. The van der Waals surface area contributed by atoms with E-state index in [4.69, 9.17) is 15.2 Å². The second kappa shape index (κ2) is 8.22. The minimum absolute atomic E-state index is 0.0760. The number of nitrogens with two attached hydrogens (primary N) is 1. The van der Waals surface area contributed by atoms with E-state index < -0.39 is 0 Å². The van der Waals surface area contributed by atoms with Gasteiger partial charge in [-0.3, -0.25) is 9.78 Å². The van der Waals surface area contributed by atoms with Gasteiger partial charge in [0.15, 0.2) is 11.5 Å². The lowest BCUT2D eigenvalue weighted by atomic mass is 9.98. The summed E-state index contributed by atoms with van der Waals surface area (Å²) in [6.07, 6.45) is 2.18. The van der Waals surface area contributed by atoms with Gasteiger partial charge in [-0.15, -0.1) is 0 Å². The van der Waals surface area contributed by atoms with Gasteiger partial charge in [0.2, 0.25) is 5.91 Å². The molecule has 2 aromatic carbocycles. The molecule has 2 N–H and O–H groups in total. The quantitative estimate of drug-likeness (QED) is 0.650. The van der Waals surface area contributed by atoms with Crippen LogP contribution in [0, 0.1) is 0 Å². The van der Waals surface area contributed by atoms with Gasteiger partial charge in [-0.1, -0.05) is 18.2 Å². The van der Waals surface area contributed by atoms with E-state index in [-0.39, 0.29) is 11.8 Å². The molecule has 0 radical (unpaired) electrons. The molecule has 0 spiro atoms. The van der Waals surface area contributed by atoms with E-state index in [0.29, 0.717) is 36.8 Å². The molecule has 148 valence electrons. The van der Waals surface area contributed by atoms with Crippen molar-refractivity contribution in [1.29, 1.82) is 0 Å². The number of hydrogen-bond donors (Lipinski definition) is 1. The minimum atomic E-state index is 0.0760. The standard InChI is InChI=1S/C23H23N3O3/c1-28-21-9-8-16(11-22(21)29-15-19-6-2-3-10-25-19)17-12-23(27)26(14-17)20-7-4-5-18(24)13-20/h2-11,13,17H,12,14-15,24H2,1H3. The molecule has 0 bridgehead atoms. The molecule has 0 saturated carbocycles. The third-order valence-corrected chi connectivity index (χ3v) is 5.07. The Kier molecular flexibility index (Phi) is 5.33.